The van der Waals surface area contributed by atoms with Crippen LogP contribution in [0.5, 0.6) is 0 Å². The minimum atomic E-state index is -0.619. The van der Waals surface area contributed by atoms with E-state index >= 15 is 0 Å². The molecule has 0 saturated heterocycles. The second-order valence-corrected chi connectivity index (χ2v) is 4.25. The first-order valence-electron chi connectivity index (χ1n) is 5.10. The van der Waals surface area contributed by atoms with Crippen LogP contribution in [0.2, 0.25) is 0 Å². The predicted molar refractivity (Wildman–Crippen MR) is 70.9 cm³/mol. The zero-order valence-electron chi connectivity index (χ0n) is 9.55. The topological polar surface area (TPSA) is 78.1 Å². The van der Waals surface area contributed by atoms with Crippen LogP contribution in [0.15, 0.2) is 34.8 Å². The predicted octanol–water partition coefficient (Wildman–Crippen LogP) is 2.27. The third-order valence-corrected chi connectivity index (χ3v) is 3.07. The van der Waals surface area contributed by atoms with Crippen LogP contribution in [-0.4, -0.2) is 23.0 Å². The highest BCUT2D eigenvalue weighted by atomic mass is 79.9. The Hall–Kier alpha value is -1.95. The number of carbonyl (C=O) groups is 1. The number of aromatic nitrogens is 2. The van der Waals surface area contributed by atoms with Gasteiger partial charge in [-0.3, -0.25) is 0 Å². The highest BCUT2D eigenvalue weighted by Gasteiger charge is 2.16. The minimum absolute atomic E-state index is 0.0583. The number of nitrogens with two attached hydrogens (primary N) is 1. The van der Waals surface area contributed by atoms with Crippen molar-refractivity contribution in [3.63, 3.8) is 0 Å². The standard InChI is InChI=1S/C12H10BrN3O2/c1-18-12(17)11-15-9(8(13)10(14)16-11)7-5-3-2-4-6-7/h2-6H,1H3,(H2,14,15,16). The molecular formula is C12H10BrN3O2. The van der Waals surface area contributed by atoms with Crippen molar-refractivity contribution >= 4 is 27.7 Å². The zero-order valence-corrected chi connectivity index (χ0v) is 11.1. The van der Waals surface area contributed by atoms with E-state index in [1.807, 2.05) is 30.3 Å². The van der Waals surface area contributed by atoms with Gasteiger partial charge in [0.1, 0.15) is 5.82 Å². The van der Waals surface area contributed by atoms with Gasteiger partial charge >= 0.3 is 5.97 Å². The summed E-state index contributed by atoms with van der Waals surface area (Å²) in [5.41, 5.74) is 7.14. The van der Waals surface area contributed by atoms with Crippen LogP contribution in [-0.2, 0) is 4.74 Å². The van der Waals surface area contributed by atoms with Crippen LogP contribution in [0.4, 0.5) is 5.82 Å². The molecule has 0 unspecified atom stereocenters. The summed E-state index contributed by atoms with van der Waals surface area (Å²) in [5.74, 6) is -0.479. The number of nitrogens with zero attached hydrogens (tertiary/aromatic N) is 2. The normalized spacial score (nSPS) is 10.1. The van der Waals surface area contributed by atoms with Crippen molar-refractivity contribution in [2.24, 2.45) is 0 Å². The number of benzene rings is 1. The van der Waals surface area contributed by atoms with Crippen LogP contribution in [0.3, 0.4) is 0 Å². The van der Waals surface area contributed by atoms with Crippen LogP contribution in [0.1, 0.15) is 10.6 Å². The summed E-state index contributed by atoms with van der Waals surface area (Å²) in [6.07, 6.45) is 0. The van der Waals surface area contributed by atoms with Crippen molar-refractivity contribution in [3.8, 4) is 11.3 Å². The highest BCUT2D eigenvalue weighted by molar-refractivity contribution is 9.10. The van der Waals surface area contributed by atoms with E-state index in [4.69, 9.17) is 5.73 Å². The zero-order chi connectivity index (χ0) is 13.1. The van der Waals surface area contributed by atoms with Gasteiger partial charge < -0.3 is 10.5 Å². The number of anilines is 1. The Bertz CT molecular complexity index is 587. The van der Waals surface area contributed by atoms with Crippen LogP contribution in [0.25, 0.3) is 11.3 Å². The number of rotatable bonds is 2. The maximum Gasteiger partial charge on any atom is 0.376 e. The number of methoxy groups -OCH3 is 1. The third-order valence-electron chi connectivity index (χ3n) is 2.29. The maximum absolute atomic E-state index is 11.4. The third kappa shape index (κ3) is 2.33. The lowest BCUT2D eigenvalue weighted by molar-refractivity contribution is 0.0587. The molecule has 1 heterocycles. The summed E-state index contributed by atoms with van der Waals surface area (Å²) in [6.45, 7) is 0. The number of halogens is 1. The van der Waals surface area contributed by atoms with E-state index in [-0.39, 0.29) is 11.6 Å². The molecule has 0 aliphatic rings. The molecule has 0 aliphatic carbocycles. The van der Waals surface area contributed by atoms with Crippen LogP contribution < -0.4 is 5.73 Å². The van der Waals surface area contributed by atoms with E-state index in [0.717, 1.165) is 5.56 Å². The van der Waals surface area contributed by atoms with Crippen molar-refractivity contribution in [1.29, 1.82) is 0 Å². The molecule has 0 amide bonds. The fourth-order valence-corrected chi connectivity index (χ4v) is 1.84. The molecule has 0 bridgehead atoms. The van der Waals surface area contributed by atoms with Gasteiger partial charge in [0, 0.05) is 5.56 Å². The van der Waals surface area contributed by atoms with Crippen molar-refractivity contribution in [2.45, 2.75) is 0 Å². The average molecular weight is 308 g/mol. The summed E-state index contributed by atoms with van der Waals surface area (Å²) in [7, 11) is 1.27. The number of nitrogen functional groups attached to an aromatic ring is 1. The van der Waals surface area contributed by atoms with E-state index in [0.29, 0.717) is 10.2 Å². The van der Waals surface area contributed by atoms with Crippen LogP contribution in [0, 0.1) is 0 Å². The van der Waals surface area contributed by atoms with Gasteiger partial charge in [0.15, 0.2) is 0 Å². The quantitative estimate of drug-likeness (QED) is 0.861. The molecule has 5 nitrogen and oxygen atoms in total. The molecule has 92 valence electrons. The Labute approximate surface area is 112 Å². The summed E-state index contributed by atoms with van der Waals surface area (Å²) < 4.78 is 5.14. The Morgan fingerprint density at radius 1 is 1.28 bits per heavy atom. The Morgan fingerprint density at radius 3 is 2.56 bits per heavy atom. The number of ether oxygens (including phenoxy) is 1. The monoisotopic (exact) mass is 307 g/mol. The lowest BCUT2D eigenvalue weighted by atomic mass is 10.1. The maximum atomic E-state index is 11.4. The SMILES string of the molecule is COC(=O)c1nc(N)c(Br)c(-c2ccccc2)n1. The summed E-state index contributed by atoms with van der Waals surface area (Å²) in [6, 6.07) is 9.38. The van der Waals surface area contributed by atoms with Gasteiger partial charge in [-0.15, -0.1) is 0 Å². The van der Waals surface area contributed by atoms with E-state index < -0.39 is 5.97 Å². The van der Waals surface area contributed by atoms with Crippen molar-refractivity contribution in [2.75, 3.05) is 12.8 Å². The Kier molecular flexibility index (Phi) is 3.57. The number of carbonyl (C=O) groups excluding carboxylic acids is 1. The molecule has 2 N–H and O–H groups in total. The minimum Gasteiger partial charge on any atom is -0.463 e. The van der Waals surface area contributed by atoms with Gasteiger partial charge in [0.25, 0.3) is 0 Å². The van der Waals surface area contributed by atoms with E-state index in [1.165, 1.54) is 7.11 Å². The lowest BCUT2D eigenvalue weighted by Gasteiger charge is -2.07. The molecule has 0 radical (unpaired) electrons. The van der Waals surface area contributed by atoms with Crippen molar-refractivity contribution in [1.82, 2.24) is 9.97 Å². The number of esters is 1. The van der Waals surface area contributed by atoms with Crippen LogP contribution >= 0.6 is 15.9 Å². The lowest BCUT2D eigenvalue weighted by Crippen LogP contribution is -2.10. The van der Waals surface area contributed by atoms with Crippen molar-refractivity contribution in [3.05, 3.63) is 40.6 Å². The highest BCUT2D eigenvalue weighted by Crippen LogP contribution is 2.29. The largest absolute Gasteiger partial charge is 0.463 e. The van der Waals surface area contributed by atoms with Crippen molar-refractivity contribution < 1.29 is 9.53 Å². The molecule has 0 fully saturated rings. The first-order valence-corrected chi connectivity index (χ1v) is 5.89. The molecule has 2 rings (SSSR count). The Morgan fingerprint density at radius 2 is 1.94 bits per heavy atom. The first kappa shape index (κ1) is 12.5. The van der Waals surface area contributed by atoms with E-state index in [1.54, 1.807) is 0 Å². The molecule has 0 saturated carbocycles. The fourth-order valence-electron chi connectivity index (χ4n) is 1.43. The molecule has 6 heteroatoms. The van der Waals surface area contributed by atoms with Gasteiger partial charge in [-0.25, -0.2) is 14.8 Å². The molecule has 1 aromatic heterocycles. The van der Waals surface area contributed by atoms with E-state index in [2.05, 4.69) is 30.6 Å². The molecule has 0 aliphatic heterocycles. The fraction of sp³-hybridized carbons (Fsp3) is 0.0833. The molecule has 2 aromatic rings. The smallest absolute Gasteiger partial charge is 0.376 e. The average Bonchev–Trinajstić information content (AvgIpc) is 2.41. The van der Waals surface area contributed by atoms with Gasteiger partial charge in [-0.1, -0.05) is 30.3 Å². The second-order valence-electron chi connectivity index (χ2n) is 3.45. The summed E-state index contributed by atoms with van der Waals surface area (Å²) in [4.78, 5) is 19.5. The molecule has 0 spiro atoms. The first-order chi connectivity index (χ1) is 8.63. The molecule has 18 heavy (non-hydrogen) atoms. The Balaban J connectivity index is 2.60. The summed E-state index contributed by atoms with van der Waals surface area (Å²) >= 11 is 3.32. The van der Waals surface area contributed by atoms with Gasteiger partial charge in [0.2, 0.25) is 5.82 Å². The second kappa shape index (κ2) is 5.14. The number of hydrogen-bond acceptors (Lipinski definition) is 5. The molecule has 1 aromatic carbocycles. The molecular weight excluding hydrogens is 298 g/mol. The van der Waals surface area contributed by atoms with Gasteiger partial charge in [0.05, 0.1) is 17.3 Å². The van der Waals surface area contributed by atoms with Gasteiger partial charge in [-0.05, 0) is 15.9 Å². The van der Waals surface area contributed by atoms with Gasteiger partial charge in [-0.2, -0.15) is 0 Å². The molecule has 0 atom stereocenters. The number of hydrogen-bond donors (Lipinski definition) is 1. The summed E-state index contributed by atoms with van der Waals surface area (Å²) in [5, 5.41) is 0. The van der Waals surface area contributed by atoms with E-state index in [9.17, 15) is 4.79 Å².